The van der Waals surface area contributed by atoms with Gasteiger partial charge in [0.25, 0.3) is 5.69 Å². The fourth-order valence-electron chi connectivity index (χ4n) is 2.99. The van der Waals surface area contributed by atoms with Gasteiger partial charge in [0.1, 0.15) is 0 Å². The number of non-ortho nitro benzene ring substituents is 1. The number of nitrogens with one attached hydrogen (secondary N) is 1. The molecular weight excluding hydrogens is 254 g/mol. The lowest BCUT2D eigenvalue weighted by molar-refractivity contribution is -0.385. The highest BCUT2D eigenvalue weighted by Gasteiger charge is 2.29. The van der Waals surface area contributed by atoms with Crippen molar-refractivity contribution in [3.8, 4) is 0 Å². The van der Waals surface area contributed by atoms with Gasteiger partial charge in [0, 0.05) is 43.3 Å². The van der Waals surface area contributed by atoms with Crippen LogP contribution in [0, 0.1) is 10.1 Å². The number of hydrogen-bond donors (Lipinski definition) is 1. The van der Waals surface area contributed by atoms with Crippen molar-refractivity contribution in [2.24, 2.45) is 0 Å². The summed E-state index contributed by atoms with van der Waals surface area (Å²) < 4.78 is 0. The van der Waals surface area contributed by atoms with Crippen LogP contribution in [0.3, 0.4) is 0 Å². The van der Waals surface area contributed by atoms with E-state index in [-0.39, 0.29) is 16.7 Å². The molecule has 1 heterocycles. The molecule has 0 spiro atoms. The van der Waals surface area contributed by atoms with Crippen LogP contribution < -0.4 is 5.32 Å². The fraction of sp³-hybridized carbons (Fsp3) is 0.600. The summed E-state index contributed by atoms with van der Waals surface area (Å²) in [5.41, 5.74) is 1.22. The number of nitro groups is 1. The van der Waals surface area contributed by atoms with Gasteiger partial charge in [-0.2, -0.15) is 0 Å². The number of piperazine rings is 1. The maximum absolute atomic E-state index is 10.9. The smallest absolute Gasteiger partial charge is 0.269 e. The fourth-order valence-corrected chi connectivity index (χ4v) is 2.99. The predicted molar refractivity (Wildman–Crippen MR) is 79.8 cm³/mol. The van der Waals surface area contributed by atoms with Gasteiger partial charge in [0.05, 0.1) is 4.92 Å². The summed E-state index contributed by atoms with van der Waals surface area (Å²) in [7, 11) is 0. The molecule has 1 fully saturated rings. The molecule has 3 unspecified atom stereocenters. The molecule has 3 atom stereocenters. The van der Waals surface area contributed by atoms with E-state index < -0.39 is 0 Å². The number of benzene rings is 1. The van der Waals surface area contributed by atoms with E-state index in [1.54, 1.807) is 18.2 Å². The summed E-state index contributed by atoms with van der Waals surface area (Å²) in [6.45, 7) is 8.47. The Hall–Kier alpha value is -1.46. The maximum Gasteiger partial charge on any atom is 0.269 e. The van der Waals surface area contributed by atoms with Crippen LogP contribution in [-0.2, 0) is 0 Å². The number of rotatable bonds is 4. The van der Waals surface area contributed by atoms with Gasteiger partial charge in [-0.3, -0.25) is 15.0 Å². The molecule has 20 heavy (non-hydrogen) atoms. The third kappa shape index (κ3) is 3.16. The lowest BCUT2D eigenvalue weighted by atomic mass is 9.98. The van der Waals surface area contributed by atoms with Crippen LogP contribution in [0.5, 0.6) is 0 Å². The minimum absolute atomic E-state index is 0.178. The average molecular weight is 277 g/mol. The van der Waals surface area contributed by atoms with Crippen LogP contribution in [-0.4, -0.2) is 35.0 Å². The Morgan fingerprint density at radius 3 is 2.90 bits per heavy atom. The number of hydrogen-bond acceptors (Lipinski definition) is 4. The van der Waals surface area contributed by atoms with Crippen LogP contribution in [0.25, 0.3) is 0 Å². The first-order chi connectivity index (χ1) is 9.52. The van der Waals surface area contributed by atoms with Crippen molar-refractivity contribution in [2.75, 3.05) is 13.1 Å². The summed E-state index contributed by atoms with van der Waals surface area (Å²) >= 11 is 0. The van der Waals surface area contributed by atoms with Gasteiger partial charge < -0.3 is 5.32 Å². The molecule has 1 aliphatic heterocycles. The van der Waals surface area contributed by atoms with Crippen molar-refractivity contribution in [3.05, 3.63) is 39.9 Å². The molecule has 0 amide bonds. The summed E-state index contributed by atoms with van der Waals surface area (Å²) in [6, 6.07) is 8.20. The zero-order valence-corrected chi connectivity index (χ0v) is 12.4. The van der Waals surface area contributed by atoms with E-state index in [1.165, 1.54) is 0 Å². The Labute approximate surface area is 120 Å². The molecule has 0 aromatic heterocycles. The molecular formula is C15H23N3O2. The average Bonchev–Trinajstić information content (AvgIpc) is 2.44. The van der Waals surface area contributed by atoms with E-state index >= 15 is 0 Å². The Morgan fingerprint density at radius 1 is 1.50 bits per heavy atom. The van der Waals surface area contributed by atoms with Crippen molar-refractivity contribution in [2.45, 2.75) is 45.3 Å². The molecule has 0 aliphatic carbocycles. The second-order valence-electron chi connectivity index (χ2n) is 5.63. The molecule has 1 aromatic carbocycles. The highest BCUT2D eigenvalue weighted by Crippen LogP contribution is 2.29. The van der Waals surface area contributed by atoms with Gasteiger partial charge in [-0.05, 0) is 25.8 Å². The van der Waals surface area contributed by atoms with Gasteiger partial charge in [-0.25, -0.2) is 0 Å². The van der Waals surface area contributed by atoms with Crippen molar-refractivity contribution in [3.63, 3.8) is 0 Å². The van der Waals surface area contributed by atoms with Crippen LogP contribution >= 0.6 is 0 Å². The topological polar surface area (TPSA) is 58.4 Å². The van der Waals surface area contributed by atoms with Gasteiger partial charge >= 0.3 is 0 Å². The minimum atomic E-state index is -0.319. The summed E-state index contributed by atoms with van der Waals surface area (Å²) in [6.07, 6.45) is 0.957. The van der Waals surface area contributed by atoms with E-state index in [0.717, 1.165) is 25.1 Å². The Balaban J connectivity index is 2.27. The molecule has 0 saturated carbocycles. The van der Waals surface area contributed by atoms with E-state index in [1.807, 2.05) is 6.07 Å². The largest absolute Gasteiger partial charge is 0.311 e. The standard InChI is InChI=1S/C15H23N3O2/c1-4-15(17-10-11(2)16-9-12(17)3)13-6-5-7-14(8-13)18(19)20/h5-8,11-12,15-16H,4,9-10H2,1-3H3. The minimum Gasteiger partial charge on any atom is -0.311 e. The molecule has 1 N–H and O–H groups in total. The predicted octanol–water partition coefficient (Wildman–Crippen LogP) is 2.73. The van der Waals surface area contributed by atoms with Crippen LogP contribution in [0.15, 0.2) is 24.3 Å². The maximum atomic E-state index is 10.9. The van der Waals surface area contributed by atoms with Crippen LogP contribution in [0.1, 0.15) is 38.8 Å². The normalized spacial score (nSPS) is 25.4. The zero-order valence-electron chi connectivity index (χ0n) is 12.4. The Morgan fingerprint density at radius 2 is 2.25 bits per heavy atom. The molecule has 5 nitrogen and oxygen atoms in total. The Bertz CT molecular complexity index is 478. The van der Waals surface area contributed by atoms with Crippen LogP contribution in [0.4, 0.5) is 5.69 Å². The monoisotopic (exact) mass is 277 g/mol. The van der Waals surface area contributed by atoms with E-state index in [2.05, 4.69) is 31.0 Å². The highest BCUT2D eigenvalue weighted by atomic mass is 16.6. The summed E-state index contributed by atoms with van der Waals surface area (Å²) in [5, 5.41) is 14.4. The summed E-state index contributed by atoms with van der Waals surface area (Å²) in [4.78, 5) is 13.1. The zero-order chi connectivity index (χ0) is 14.7. The molecule has 1 aromatic rings. The van der Waals surface area contributed by atoms with Crippen molar-refractivity contribution in [1.29, 1.82) is 0 Å². The van der Waals surface area contributed by atoms with E-state index in [0.29, 0.717) is 12.1 Å². The third-order valence-corrected chi connectivity index (χ3v) is 4.07. The Kier molecular flexibility index (Phi) is 4.73. The molecule has 5 heteroatoms. The molecule has 1 aliphatic rings. The van der Waals surface area contributed by atoms with Crippen LogP contribution in [0.2, 0.25) is 0 Å². The molecule has 1 saturated heterocycles. The summed E-state index contributed by atoms with van der Waals surface area (Å²) in [5.74, 6) is 0. The quantitative estimate of drug-likeness (QED) is 0.679. The molecule has 0 bridgehead atoms. The second kappa shape index (κ2) is 6.33. The first kappa shape index (κ1) is 14.9. The highest BCUT2D eigenvalue weighted by molar-refractivity contribution is 5.36. The van der Waals surface area contributed by atoms with Crippen molar-refractivity contribution < 1.29 is 4.92 Å². The lowest BCUT2D eigenvalue weighted by Gasteiger charge is -2.42. The lowest BCUT2D eigenvalue weighted by Crippen LogP contribution is -2.55. The number of nitrogens with zero attached hydrogens (tertiary/aromatic N) is 2. The molecule has 2 rings (SSSR count). The SMILES string of the molecule is CCC(c1cccc([N+](=O)[O-])c1)N1CC(C)NCC1C. The molecule has 0 radical (unpaired) electrons. The van der Waals surface area contributed by atoms with Crippen molar-refractivity contribution in [1.82, 2.24) is 10.2 Å². The van der Waals surface area contributed by atoms with Gasteiger partial charge in [-0.15, -0.1) is 0 Å². The number of nitro benzene ring substituents is 1. The molecule has 110 valence electrons. The van der Waals surface area contributed by atoms with Gasteiger partial charge in [-0.1, -0.05) is 19.1 Å². The third-order valence-electron chi connectivity index (χ3n) is 4.07. The first-order valence-electron chi connectivity index (χ1n) is 7.26. The van der Waals surface area contributed by atoms with E-state index in [9.17, 15) is 10.1 Å². The first-order valence-corrected chi connectivity index (χ1v) is 7.26. The van der Waals surface area contributed by atoms with Gasteiger partial charge in [0.15, 0.2) is 0 Å². The second-order valence-corrected chi connectivity index (χ2v) is 5.63. The van der Waals surface area contributed by atoms with E-state index in [4.69, 9.17) is 0 Å². The van der Waals surface area contributed by atoms with Gasteiger partial charge in [0.2, 0.25) is 0 Å². The van der Waals surface area contributed by atoms with Crippen molar-refractivity contribution >= 4 is 5.69 Å².